The van der Waals surface area contributed by atoms with Gasteiger partial charge in [0.05, 0.1) is 5.75 Å². The highest BCUT2D eigenvalue weighted by Gasteiger charge is 2.05. The fourth-order valence-electron chi connectivity index (χ4n) is 1.03. The first-order chi connectivity index (χ1) is 6.31. The summed E-state index contributed by atoms with van der Waals surface area (Å²) in [5.41, 5.74) is 0. The Hall–Kier alpha value is -0.420. The zero-order valence-corrected chi connectivity index (χ0v) is 9.93. The molecule has 0 fully saturated rings. The molecule has 0 bridgehead atoms. The van der Waals surface area contributed by atoms with Crippen molar-refractivity contribution in [3.63, 3.8) is 0 Å². The summed E-state index contributed by atoms with van der Waals surface area (Å²) in [6.07, 6.45) is 2.61. The molecule has 0 rings (SSSR count). The summed E-state index contributed by atoms with van der Waals surface area (Å²) < 4.78 is 21.7. The molecule has 0 aromatic rings. The van der Waals surface area contributed by atoms with Crippen LogP contribution in [0.5, 0.6) is 0 Å². The summed E-state index contributed by atoms with van der Waals surface area (Å²) >= 11 is 0. The van der Waals surface area contributed by atoms with Gasteiger partial charge in [0.2, 0.25) is 0 Å². The predicted molar refractivity (Wildman–Crippen MR) is 57.1 cm³/mol. The first kappa shape index (κ1) is 13.6. The second-order valence-electron chi connectivity index (χ2n) is 3.74. The molecule has 0 saturated carbocycles. The van der Waals surface area contributed by atoms with Crippen LogP contribution in [0.4, 0.5) is 0 Å². The summed E-state index contributed by atoms with van der Waals surface area (Å²) in [5.74, 6) is 0.366. The number of ketones is 1. The van der Waals surface area contributed by atoms with Crippen molar-refractivity contribution in [3.05, 3.63) is 0 Å². The zero-order chi connectivity index (χ0) is 11.2. The van der Waals surface area contributed by atoms with E-state index >= 15 is 0 Å². The van der Waals surface area contributed by atoms with Crippen molar-refractivity contribution in [2.45, 2.75) is 19.8 Å². The van der Waals surface area contributed by atoms with E-state index in [0.717, 1.165) is 13.0 Å². The lowest BCUT2D eigenvalue weighted by molar-refractivity contribution is -0.117. The van der Waals surface area contributed by atoms with Crippen LogP contribution in [0.25, 0.3) is 0 Å². The molecule has 0 aromatic heterocycles. The number of hydrogen-bond acceptors (Lipinski definition) is 4. The maximum Gasteiger partial charge on any atom is 0.148 e. The molecule has 0 spiro atoms. The Bertz CT molecular complexity index is 272. The highest BCUT2D eigenvalue weighted by Crippen LogP contribution is 1.94. The molecule has 0 aliphatic heterocycles. The molecule has 0 atom stereocenters. The normalized spacial score (nSPS) is 12.0. The molecule has 0 aliphatic carbocycles. The molecule has 0 N–H and O–H groups in total. The van der Waals surface area contributed by atoms with Crippen molar-refractivity contribution in [1.29, 1.82) is 0 Å². The average molecular weight is 221 g/mol. The molecule has 4 nitrogen and oxygen atoms in total. The minimum Gasteiger partial charge on any atom is -0.305 e. The van der Waals surface area contributed by atoms with Gasteiger partial charge < -0.3 is 9.69 Å². The number of rotatable bonds is 7. The smallest absolute Gasteiger partial charge is 0.148 e. The topological polar surface area (TPSA) is 54.5 Å². The Morgan fingerprint density at radius 1 is 1.29 bits per heavy atom. The van der Waals surface area contributed by atoms with Gasteiger partial charge in [0.1, 0.15) is 15.6 Å². The van der Waals surface area contributed by atoms with Crippen LogP contribution < -0.4 is 0 Å². The van der Waals surface area contributed by atoms with Crippen LogP contribution in [0.3, 0.4) is 0 Å². The standard InChI is InChI=1S/C9H19NO3S/c1-9(11)5-4-6-10(2)7-8-14(3,12)13/h4-8H2,1-3H3. The molecule has 0 radical (unpaired) electrons. The third-order valence-electron chi connectivity index (χ3n) is 1.91. The number of carbonyl (C=O) groups is 1. The van der Waals surface area contributed by atoms with Gasteiger partial charge >= 0.3 is 0 Å². The van der Waals surface area contributed by atoms with E-state index in [1.54, 1.807) is 6.92 Å². The van der Waals surface area contributed by atoms with Gasteiger partial charge in [-0.3, -0.25) is 0 Å². The van der Waals surface area contributed by atoms with Crippen LogP contribution in [-0.2, 0) is 14.6 Å². The van der Waals surface area contributed by atoms with E-state index in [0.29, 0.717) is 13.0 Å². The molecular formula is C9H19NO3S. The molecule has 14 heavy (non-hydrogen) atoms. The minimum atomic E-state index is -2.87. The van der Waals surface area contributed by atoms with Crippen LogP contribution >= 0.6 is 0 Å². The maximum absolute atomic E-state index is 10.8. The van der Waals surface area contributed by atoms with Gasteiger partial charge in [0.15, 0.2) is 0 Å². The summed E-state index contributed by atoms with van der Waals surface area (Å²) in [5, 5.41) is 0. The van der Waals surface area contributed by atoms with Crippen molar-refractivity contribution in [2.24, 2.45) is 0 Å². The number of Topliss-reactive ketones (excluding diaryl/α,β-unsaturated/α-hetero) is 1. The van der Waals surface area contributed by atoms with Gasteiger partial charge in [-0.05, 0) is 26.9 Å². The van der Waals surface area contributed by atoms with Crippen LogP contribution in [0.1, 0.15) is 19.8 Å². The van der Waals surface area contributed by atoms with Gasteiger partial charge in [0.25, 0.3) is 0 Å². The third-order valence-corrected chi connectivity index (χ3v) is 2.84. The lowest BCUT2D eigenvalue weighted by atomic mass is 10.2. The second-order valence-corrected chi connectivity index (χ2v) is 6.00. The van der Waals surface area contributed by atoms with Crippen molar-refractivity contribution in [3.8, 4) is 0 Å². The predicted octanol–water partition coefficient (Wildman–Crippen LogP) is 0.332. The highest BCUT2D eigenvalue weighted by molar-refractivity contribution is 7.90. The van der Waals surface area contributed by atoms with Crippen molar-refractivity contribution < 1.29 is 13.2 Å². The molecule has 84 valence electrons. The molecule has 0 aliphatic rings. The van der Waals surface area contributed by atoms with Gasteiger partial charge in [-0.25, -0.2) is 8.42 Å². The SMILES string of the molecule is CC(=O)CCCN(C)CCS(C)(=O)=O. The Morgan fingerprint density at radius 3 is 2.29 bits per heavy atom. The Balaban J connectivity index is 3.56. The largest absolute Gasteiger partial charge is 0.305 e. The van der Waals surface area contributed by atoms with Gasteiger partial charge in [-0.1, -0.05) is 0 Å². The molecule has 0 amide bonds. The molecule has 0 aromatic carbocycles. The average Bonchev–Trinajstić information content (AvgIpc) is 1.99. The fraction of sp³-hybridized carbons (Fsp3) is 0.889. The number of nitrogens with zero attached hydrogens (tertiary/aromatic N) is 1. The van der Waals surface area contributed by atoms with Gasteiger partial charge in [0, 0.05) is 19.2 Å². The fourth-order valence-corrected chi connectivity index (χ4v) is 1.67. The summed E-state index contributed by atoms with van der Waals surface area (Å²) in [6.45, 7) is 2.88. The Labute approximate surface area is 86.2 Å². The maximum atomic E-state index is 10.8. The molecule has 0 saturated heterocycles. The van der Waals surface area contributed by atoms with Crippen molar-refractivity contribution in [1.82, 2.24) is 4.90 Å². The molecule has 0 unspecified atom stereocenters. The van der Waals surface area contributed by atoms with Crippen LogP contribution in [-0.4, -0.2) is 51.2 Å². The second kappa shape index (κ2) is 6.14. The number of sulfone groups is 1. The summed E-state index contributed by atoms with van der Waals surface area (Å²) in [7, 11) is -1.00. The minimum absolute atomic E-state index is 0.182. The van der Waals surface area contributed by atoms with E-state index < -0.39 is 9.84 Å². The number of hydrogen-bond donors (Lipinski definition) is 0. The summed E-state index contributed by atoms with van der Waals surface area (Å²) in [6, 6.07) is 0. The lowest BCUT2D eigenvalue weighted by Gasteiger charge is -2.14. The summed E-state index contributed by atoms with van der Waals surface area (Å²) in [4.78, 5) is 12.6. The van der Waals surface area contributed by atoms with E-state index in [1.807, 2.05) is 11.9 Å². The molecular weight excluding hydrogens is 202 g/mol. The van der Waals surface area contributed by atoms with E-state index in [9.17, 15) is 13.2 Å². The van der Waals surface area contributed by atoms with Crippen molar-refractivity contribution in [2.75, 3.05) is 32.1 Å². The Morgan fingerprint density at radius 2 is 1.86 bits per heavy atom. The van der Waals surface area contributed by atoms with Crippen LogP contribution in [0, 0.1) is 0 Å². The first-order valence-electron chi connectivity index (χ1n) is 4.67. The van der Waals surface area contributed by atoms with Crippen molar-refractivity contribution >= 4 is 15.6 Å². The zero-order valence-electron chi connectivity index (χ0n) is 9.12. The van der Waals surface area contributed by atoms with E-state index in [-0.39, 0.29) is 11.5 Å². The highest BCUT2D eigenvalue weighted by atomic mass is 32.2. The third kappa shape index (κ3) is 9.67. The lowest BCUT2D eigenvalue weighted by Crippen LogP contribution is -2.26. The quantitative estimate of drug-likeness (QED) is 0.622. The van der Waals surface area contributed by atoms with Crippen LogP contribution in [0.2, 0.25) is 0 Å². The number of carbonyl (C=O) groups excluding carboxylic acids is 1. The molecule has 0 heterocycles. The van der Waals surface area contributed by atoms with E-state index in [2.05, 4.69) is 0 Å². The molecule has 5 heteroatoms. The first-order valence-corrected chi connectivity index (χ1v) is 6.73. The van der Waals surface area contributed by atoms with Crippen LogP contribution in [0.15, 0.2) is 0 Å². The van der Waals surface area contributed by atoms with E-state index in [4.69, 9.17) is 0 Å². The van der Waals surface area contributed by atoms with Gasteiger partial charge in [-0.2, -0.15) is 0 Å². The Kier molecular flexibility index (Phi) is 5.95. The van der Waals surface area contributed by atoms with Gasteiger partial charge in [-0.15, -0.1) is 0 Å². The van der Waals surface area contributed by atoms with E-state index in [1.165, 1.54) is 6.26 Å². The monoisotopic (exact) mass is 221 g/mol.